The average molecular weight is 330 g/mol. The molecule has 0 unspecified atom stereocenters. The van der Waals surface area contributed by atoms with Crippen molar-refractivity contribution in [1.82, 2.24) is 9.78 Å². The predicted octanol–water partition coefficient (Wildman–Crippen LogP) is 1.97. The van der Waals surface area contributed by atoms with E-state index < -0.39 is 4.92 Å². The number of benzene rings is 1. The van der Waals surface area contributed by atoms with Gasteiger partial charge in [-0.1, -0.05) is 0 Å². The van der Waals surface area contributed by atoms with E-state index >= 15 is 0 Å². The lowest BCUT2D eigenvalue weighted by Gasteiger charge is -2.03. The number of aromatic nitrogens is 2. The molecule has 0 atom stereocenters. The second kappa shape index (κ2) is 4.08. The Morgan fingerprint density at radius 2 is 2.00 bits per heavy atom. The SMILES string of the molecule is Nc1c(I)cnn1-c1ccc([N+](=O)[O-])cc1. The second-order valence-corrected chi connectivity index (χ2v) is 4.23. The van der Waals surface area contributed by atoms with Crippen LogP contribution in [0.15, 0.2) is 30.5 Å². The fourth-order valence-corrected chi connectivity index (χ4v) is 1.61. The van der Waals surface area contributed by atoms with E-state index in [1.165, 1.54) is 16.8 Å². The standard InChI is InChI=1S/C9H7IN4O2/c10-8-5-12-13(9(8)11)6-1-3-7(4-2-6)14(15)16/h1-5H,11H2. The molecule has 0 bridgehead atoms. The van der Waals surface area contributed by atoms with E-state index in [1.54, 1.807) is 18.3 Å². The Morgan fingerprint density at radius 3 is 2.44 bits per heavy atom. The van der Waals surface area contributed by atoms with Crippen LogP contribution >= 0.6 is 22.6 Å². The third-order valence-electron chi connectivity index (χ3n) is 2.06. The zero-order valence-corrected chi connectivity index (χ0v) is 10.2. The van der Waals surface area contributed by atoms with Crippen molar-refractivity contribution in [3.05, 3.63) is 44.1 Å². The maximum Gasteiger partial charge on any atom is 0.269 e. The lowest BCUT2D eigenvalue weighted by atomic mass is 10.3. The summed E-state index contributed by atoms with van der Waals surface area (Å²) in [6.45, 7) is 0. The molecule has 1 aromatic carbocycles. The summed E-state index contributed by atoms with van der Waals surface area (Å²) in [4.78, 5) is 10.0. The molecule has 2 rings (SSSR count). The minimum atomic E-state index is -0.444. The molecule has 0 aliphatic heterocycles. The van der Waals surface area contributed by atoms with Gasteiger partial charge in [-0.25, -0.2) is 4.68 Å². The molecule has 16 heavy (non-hydrogen) atoms. The van der Waals surface area contributed by atoms with Crippen molar-refractivity contribution in [2.45, 2.75) is 0 Å². The van der Waals surface area contributed by atoms with Gasteiger partial charge in [0, 0.05) is 12.1 Å². The van der Waals surface area contributed by atoms with Crippen molar-refractivity contribution in [2.24, 2.45) is 0 Å². The maximum absolute atomic E-state index is 10.5. The molecule has 0 saturated carbocycles. The molecule has 2 N–H and O–H groups in total. The molecule has 0 spiro atoms. The minimum Gasteiger partial charge on any atom is -0.383 e. The highest BCUT2D eigenvalue weighted by molar-refractivity contribution is 14.1. The number of nitrogens with two attached hydrogens (primary N) is 1. The van der Waals surface area contributed by atoms with E-state index in [2.05, 4.69) is 27.7 Å². The summed E-state index contributed by atoms with van der Waals surface area (Å²) < 4.78 is 2.38. The van der Waals surface area contributed by atoms with Gasteiger partial charge in [-0.2, -0.15) is 5.10 Å². The van der Waals surface area contributed by atoms with Gasteiger partial charge in [0.25, 0.3) is 5.69 Å². The van der Waals surface area contributed by atoms with Crippen LogP contribution in [0.4, 0.5) is 11.5 Å². The van der Waals surface area contributed by atoms with Gasteiger partial charge in [0.2, 0.25) is 0 Å². The van der Waals surface area contributed by atoms with Gasteiger partial charge in [0.05, 0.1) is 20.4 Å². The highest BCUT2D eigenvalue weighted by atomic mass is 127. The Bertz CT molecular complexity index is 535. The summed E-state index contributed by atoms with van der Waals surface area (Å²) in [5.74, 6) is 0.523. The van der Waals surface area contributed by atoms with Crippen molar-refractivity contribution in [1.29, 1.82) is 0 Å². The topological polar surface area (TPSA) is 87.0 Å². The first kappa shape index (κ1) is 10.9. The van der Waals surface area contributed by atoms with Gasteiger partial charge in [0.15, 0.2) is 0 Å². The largest absolute Gasteiger partial charge is 0.383 e. The van der Waals surface area contributed by atoms with Gasteiger partial charge in [-0.3, -0.25) is 10.1 Å². The fraction of sp³-hybridized carbons (Fsp3) is 0. The number of nitro groups is 1. The summed E-state index contributed by atoms with van der Waals surface area (Å²) in [7, 11) is 0. The van der Waals surface area contributed by atoms with Gasteiger partial charge in [-0.15, -0.1) is 0 Å². The molecule has 0 aliphatic carbocycles. The number of non-ortho nitro benzene ring substituents is 1. The number of nitro benzene ring substituents is 1. The van der Waals surface area contributed by atoms with E-state index in [0.29, 0.717) is 11.5 Å². The normalized spacial score (nSPS) is 10.3. The molecule has 6 nitrogen and oxygen atoms in total. The van der Waals surface area contributed by atoms with E-state index in [0.717, 1.165) is 3.57 Å². The van der Waals surface area contributed by atoms with Crippen LogP contribution in [0.3, 0.4) is 0 Å². The summed E-state index contributed by atoms with van der Waals surface area (Å²) in [6, 6.07) is 6.06. The minimum absolute atomic E-state index is 0.0455. The smallest absolute Gasteiger partial charge is 0.269 e. The van der Waals surface area contributed by atoms with Crippen LogP contribution in [0, 0.1) is 13.7 Å². The summed E-state index contributed by atoms with van der Waals surface area (Å²) in [5, 5.41) is 14.6. The molecule has 82 valence electrons. The van der Waals surface area contributed by atoms with Gasteiger partial charge < -0.3 is 5.73 Å². The van der Waals surface area contributed by atoms with Crippen molar-refractivity contribution < 1.29 is 4.92 Å². The van der Waals surface area contributed by atoms with Crippen LogP contribution in [0.5, 0.6) is 0 Å². The molecule has 2 aromatic rings. The maximum atomic E-state index is 10.5. The van der Waals surface area contributed by atoms with Crippen molar-refractivity contribution >= 4 is 34.1 Å². The molecule has 0 saturated heterocycles. The molecule has 0 fully saturated rings. The quantitative estimate of drug-likeness (QED) is 0.518. The lowest BCUT2D eigenvalue weighted by Crippen LogP contribution is -2.02. The van der Waals surface area contributed by atoms with Crippen molar-refractivity contribution in [3.8, 4) is 5.69 Å². The van der Waals surface area contributed by atoms with Crippen LogP contribution < -0.4 is 5.73 Å². The zero-order chi connectivity index (χ0) is 11.7. The third kappa shape index (κ3) is 1.85. The average Bonchev–Trinajstić information content (AvgIpc) is 2.60. The Kier molecular flexibility index (Phi) is 2.77. The molecular formula is C9H7IN4O2. The van der Waals surface area contributed by atoms with Crippen LogP contribution in [0.2, 0.25) is 0 Å². The molecule has 0 aliphatic rings. The first-order valence-corrected chi connectivity index (χ1v) is 5.41. The summed E-state index contributed by atoms with van der Waals surface area (Å²) in [5.41, 5.74) is 6.54. The number of halogens is 1. The zero-order valence-electron chi connectivity index (χ0n) is 8.00. The number of anilines is 1. The number of nitrogens with zero attached hydrogens (tertiary/aromatic N) is 3. The number of hydrogen-bond donors (Lipinski definition) is 1. The van der Waals surface area contributed by atoms with Crippen molar-refractivity contribution in [2.75, 3.05) is 5.73 Å². The Morgan fingerprint density at radius 1 is 1.38 bits per heavy atom. The Hall–Kier alpha value is -1.64. The summed E-state index contributed by atoms with van der Waals surface area (Å²) in [6.07, 6.45) is 1.64. The molecular weight excluding hydrogens is 323 g/mol. The number of hydrogen-bond acceptors (Lipinski definition) is 4. The predicted molar refractivity (Wildman–Crippen MR) is 67.3 cm³/mol. The molecule has 1 heterocycles. The second-order valence-electron chi connectivity index (χ2n) is 3.06. The molecule has 1 aromatic heterocycles. The highest BCUT2D eigenvalue weighted by Gasteiger charge is 2.09. The van der Waals surface area contributed by atoms with Gasteiger partial charge in [0.1, 0.15) is 5.82 Å². The Labute approximate surface area is 104 Å². The van der Waals surface area contributed by atoms with E-state index in [9.17, 15) is 10.1 Å². The third-order valence-corrected chi connectivity index (χ3v) is 2.90. The number of nitrogen functional groups attached to an aromatic ring is 1. The van der Waals surface area contributed by atoms with Gasteiger partial charge in [-0.05, 0) is 34.7 Å². The van der Waals surface area contributed by atoms with E-state index in [1.807, 2.05) is 0 Å². The molecule has 0 radical (unpaired) electrons. The van der Waals surface area contributed by atoms with Crippen LogP contribution in [-0.4, -0.2) is 14.7 Å². The Balaban J connectivity index is 2.42. The lowest BCUT2D eigenvalue weighted by molar-refractivity contribution is -0.384. The first-order chi connectivity index (χ1) is 7.59. The first-order valence-electron chi connectivity index (χ1n) is 4.33. The summed E-state index contributed by atoms with van der Waals surface area (Å²) >= 11 is 2.07. The van der Waals surface area contributed by atoms with Gasteiger partial charge >= 0.3 is 0 Å². The van der Waals surface area contributed by atoms with Crippen LogP contribution in [-0.2, 0) is 0 Å². The van der Waals surface area contributed by atoms with Crippen molar-refractivity contribution in [3.63, 3.8) is 0 Å². The number of rotatable bonds is 2. The highest BCUT2D eigenvalue weighted by Crippen LogP contribution is 2.20. The molecule has 7 heteroatoms. The van der Waals surface area contributed by atoms with Crippen LogP contribution in [0.1, 0.15) is 0 Å². The van der Waals surface area contributed by atoms with E-state index in [4.69, 9.17) is 5.73 Å². The van der Waals surface area contributed by atoms with E-state index in [-0.39, 0.29) is 5.69 Å². The fourth-order valence-electron chi connectivity index (χ4n) is 1.26. The monoisotopic (exact) mass is 330 g/mol. The van der Waals surface area contributed by atoms with Crippen LogP contribution in [0.25, 0.3) is 5.69 Å². The molecule has 0 amide bonds.